The fourth-order valence-corrected chi connectivity index (χ4v) is 1.96. The maximum absolute atomic E-state index is 11.8. The molecule has 0 bridgehead atoms. The molecule has 0 aliphatic carbocycles. The molecule has 3 rings (SSSR count). The first-order valence-electron chi connectivity index (χ1n) is 6.16. The van der Waals surface area contributed by atoms with E-state index in [1.165, 1.54) is 12.3 Å². The summed E-state index contributed by atoms with van der Waals surface area (Å²) in [6.07, 6.45) is 7.82. The van der Waals surface area contributed by atoms with Crippen LogP contribution in [0.25, 0.3) is 6.08 Å². The number of nitrogens with one attached hydrogen (secondary N) is 1. The third-order valence-corrected chi connectivity index (χ3v) is 2.97. The number of aromatic hydroxyl groups is 1. The lowest BCUT2D eigenvalue weighted by Crippen LogP contribution is -2.31. The summed E-state index contributed by atoms with van der Waals surface area (Å²) in [5.41, 5.74) is -0.892. The average molecular weight is 285 g/mol. The van der Waals surface area contributed by atoms with Crippen molar-refractivity contribution in [3.63, 3.8) is 0 Å². The monoisotopic (exact) mass is 285 g/mol. The Balaban J connectivity index is 2.11. The maximum atomic E-state index is 11.8. The zero-order chi connectivity index (χ0) is 14.8. The van der Waals surface area contributed by atoms with Gasteiger partial charge in [0, 0.05) is 6.21 Å². The van der Waals surface area contributed by atoms with Gasteiger partial charge in [-0.1, -0.05) is 0 Å². The van der Waals surface area contributed by atoms with E-state index in [1.807, 2.05) is 0 Å². The van der Waals surface area contributed by atoms with E-state index < -0.39 is 17.1 Å². The fourth-order valence-electron chi connectivity index (χ4n) is 1.96. The molecule has 0 atom stereocenters. The molecule has 0 amide bonds. The summed E-state index contributed by atoms with van der Waals surface area (Å²) in [6, 6.07) is 3.34. The number of aromatic amines is 1. The van der Waals surface area contributed by atoms with Gasteiger partial charge in [-0.15, -0.1) is 0 Å². The number of aromatic nitrogens is 2. The van der Waals surface area contributed by atoms with Crippen molar-refractivity contribution in [1.29, 1.82) is 0 Å². The Hall–Kier alpha value is -3.09. The van der Waals surface area contributed by atoms with Crippen LogP contribution in [0.1, 0.15) is 11.3 Å². The zero-order valence-electron chi connectivity index (χ0n) is 10.8. The number of allylic oxidation sites excluding steroid dienone is 2. The van der Waals surface area contributed by atoms with Crippen LogP contribution < -0.4 is 11.2 Å². The van der Waals surface area contributed by atoms with Crippen LogP contribution in [0.5, 0.6) is 5.88 Å². The van der Waals surface area contributed by atoms with Gasteiger partial charge in [-0.05, 0) is 30.4 Å². The van der Waals surface area contributed by atoms with E-state index in [-0.39, 0.29) is 12.1 Å². The lowest BCUT2D eigenvalue weighted by molar-refractivity contribution is 0.392. The van der Waals surface area contributed by atoms with Crippen LogP contribution in [0.15, 0.2) is 55.2 Å². The second kappa shape index (κ2) is 5.12. The van der Waals surface area contributed by atoms with E-state index in [4.69, 9.17) is 4.42 Å². The topological polar surface area (TPSA) is 101 Å². The summed E-state index contributed by atoms with van der Waals surface area (Å²) < 4.78 is 6.16. The van der Waals surface area contributed by atoms with Gasteiger partial charge in [0.05, 0.1) is 18.5 Å². The molecule has 0 spiro atoms. The molecule has 7 nitrogen and oxygen atoms in total. The van der Waals surface area contributed by atoms with Crippen LogP contribution in [-0.4, -0.2) is 20.9 Å². The molecule has 0 radical (unpaired) electrons. The summed E-state index contributed by atoms with van der Waals surface area (Å²) in [6.45, 7) is 0.0176. The van der Waals surface area contributed by atoms with Crippen molar-refractivity contribution < 1.29 is 9.52 Å². The second-order valence-corrected chi connectivity index (χ2v) is 4.37. The normalized spacial score (nSPS) is 15.1. The van der Waals surface area contributed by atoms with Crippen molar-refractivity contribution in [2.24, 2.45) is 4.99 Å². The Kier molecular flexibility index (Phi) is 3.15. The summed E-state index contributed by atoms with van der Waals surface area (Å²) in [5, 5.41) is 10.2. The highest BCUT2D eigenvalue weighted by molar-refractivity contribution is 5.79. The van der Waals surface area contributed by atoms with Crippen LogP contribution in [0.3, 0.4) is 0 Å². The van der Waals surface area contributed by atoms with Crippen LogP contribution in [0.4, 0.5) is 0 Å². The highest BCUT2D eigenvalue weighted by Crippen LogP contribution is 2.17. The molecule has 3 heterocycles. The highest BCUT2D eigenvalue weighted by atomic mass is 16.3. The number of H-pyrrole nitrogens is 1. The van der Waals surface area contributed by atoms with Crippen molar-refractivity contribution in [3.8, 4) is 5.88 Å². The van der Waals surface area contributed by atoms with Gasteiger partial charge in [0.1, 0.15) is 11.3 Å². The Morgan fingerprint density at radius 1 is 1.43 bits per heavy atom. The minimum atomic E-state index is -0.707. The SMILES string of the molecule is O=c1[nH]c(=O)n(Cc2ccco2)c(O)c1C=C1C=CC=N1. The molecular formula is C14H11N3O4. The standard InChI is InChI=1S/C14H11N3O4/c18-12-11(7-9-3-1-5-15-9)13(19)17(14(20)16-12)8-10-4-2-6-21-10/h1-7,19H,8H2,(H,16,18,20). The predicted octanol–water partition coefficient (Wildman–Crippen LogP) is 0.865. The van der Waals surface area contributed by atoms with Gasteiger partial charge in [0.15, 0.2) is 0 Å². The molecule has 7 heteroatoms. The number of nitrogens with zero attached hydrogens (tertiary/aromatic N) is 2. The molecule has 0 aromatic carbocycles. The fraction of sp³-hybridized carbons (Fsp3) is 0.0714. The van der Waals surface area contributed by atoms with Gasteiger partial charge < -0.3 is 9.52 Å². The van der Waals surface area contributed by atoms with Gasteiger partial charge in [0.25, 0.3) is 5.56 Å². The molecule has 0 saturated heterocycles. The lowest BCUT2D eigenvalue weighted by Gasteiger charge is -2.08. The molecule has 2 N–H and O–H groups in total. The molecule has 2 aromatic rings. The number of aliphatic imine (C=N–C) groups is 1. The van der Waals surface area contributed by atoms with Crippen molar-refractivity contribution in [2.75, 3.05) is 0 Å². The third-order valence-electron chi connectivity index (χ3n) is 2.97. The van der Waals surface area contributed by atoms with Crippen molar-refractivity contribution >= 4 is 12.3 Å². The number of furan rings is 1. The van der Waals surface area contributed by atoms with Gasteiger partial charge in [0.2, 0.25) is 5.88 Å². The third kappa shape index (κ3) is 2.48. The van der Waals surface area contributed by atoms with Crippen LogP contribution in [0.2, 0.25) is 0 Å². The van der Waals surface area contributed by atoms with Crippen LogP contribution in [-0.2, 0) is 6.54 Å². The quantitative estimate of drug-likeness (QED) is 0.873. The first kappa shape index (κ1) is 12.9. The molecule has 1 aliphatic rings. The highest BCUT2D eigenvalue weighted by Gasteiger charge is 2.14. The maximum Gasteiger partial charge on any atom is 0.331 e. The van der Waals surface area contributed by atoms with Gasteiger partial charge in [-0.2, -0.15) is 0 Å². The smallest absolute Gasteiger partial charge is 0.331 e. The number of hydrogen-bond acceptors (Lipinski definition) is 5. The molecule has 0 fully saturated rings. The van der Waals surface area contributed by atoms with Crippen molar-refractivity contribution in [3.05, 3.63) is 68.4 Å². The first-order valence-corrected chi connectivity index (χ1v) is 6.16. The Morgan fingerprint density at radius 3 is 2.95 bits per heavy atom. The Labute approximate surface area is 118 Å². The molecule has 21 heavy (non-hydrogen) atoms. The van der Waals surface area contributed by atoms with E-state index in [1.54, 1.807) is 30.5 Å². The summed E-state index contributed by atoms with van der Waals surface area (Å²) >= 11 is 0. The van der Waals surface area contributed by atoms with Gasteiger partial charge >= 0.3 is 5.69 Å². The van der Waals surface area contributed by atoms with Crippen LogP contribution in [0, 0.1) is 0 Å². The second-order valence-electron chi connectivity index (χ2n) is 4.37. The van der Waals surface area contributed by atoms with E-state index in [2.05, 4.69) is 9.98 Å². The van der Waals surface area contributed by atoms with E-state index in [9.17, 15) is 14.7 Å². The molecular weight excluding hydrogens is 274 g/mol. The first-order chi connectivity index (χ1) is 10.1. The van der Waals surface area contributed by atoms with Crippen molar-refractivity contribution in [2.45, 2.75) is 6.54 Å². The molecule has 0 saturated carbocycles. The van der Waals surface area contributed by atoms with E-state index in [0.717, 1.165) is 4.57 Å². The largest absolute Gasteiger partial charge is 0.494 e. The average Bonchev–Trinajstić information content (AvgIpc) is 3.13. The van der Waals surface area contributed by atoms with E-state index >= 15 is 0 Å². The molecule has 1 aliphatic heterocycles. The van der Waals surface area contributed by atoms with Gasteiger partial charge in [-0.3, -0.25) is 19.3 Å². The Morgan fingerprint density at radius 2 is 2.29 bits per heavy atom. The number of hydrogen-bond donors (Lipinski definition) is 2. The summed E-state index contributed by atoms with van der Waals surface area (Å²) in [4.78, 5) is 29.8. The minimum absolute atomic E-state index is 0.0176. The summed E-state index contributed by atoms with van der Waals surface area (Å²) in [7, 11) is 0. The van der Waals surface area contributed by atoms with Crippen molar-refractivity contribution in [1.82, 2.24) is 9.55 Å². The Bertz CT molecular complexity index is 853. The summed E-state index contributed by atoms with van der Waals surface area (Å²) in [5.74, 6) is 0.0555. The zero-order valence-corrected chi connectivity index (χ0v) is 10.8. The molecule has 0 unspecified atom stereocenters. The number of rotatable bonds is 3. The van der Waals surface area contributed by atoms with Gasteiger partial charge in [-0.25, -0.2) is 4.79 Å². The lowest BCUT2D eigenvalue weighted by atomic mass is 10.2. The molecule has 106 valence electrons. The van der Waals surface area contributed by atoms with Crippen LogP contribution >= 0.6 is 0 Å². The molecule has 2 aromatic heterocycles. The minimum Gasteiger partial charge on any atom is -0.494 e. The predicted molar refractivity (Wildman–Crippen MR) is 76.4 cm³/mol. The van der Waals surface area contributed by atoms with E-state index in [0.29, 0.717) is 11.5 Å².